The number of amides is 1. The Morgan fingerprint density at radius 2 is 1.76 bits per heavy atom. The summed E-state index contributed by atoms with van der Waals surface area (Å²) in [5, 5.41) is 0.709. The molecule has 0 N–H and O–H groups in total. The first-order chi connectivity index (χ1) is 12.2. The van der Waals surface area contributed by atoms with Crippen LogP contribution in [-0.4, -0.2) is 46.9 Å². The van der Waals surface area contributed by atoms with Gasteiger partial charge in [-0.25, -0.2) is 0 Å². The quantitative estimate of drug-likeness (QED) is 0.846. The fraction of sp³-hybridized carbons (Fsp3) is 0.400. The van der Waals surface area contributed by atoms with Crippen LogP contribution in [0.5, 0.6) is 0 Å². The van der Waals surface area contributed by atoms with E-state index in [1.54, 1.807) is 0 Å². The summed E-state index contributed by atoms with van der Waals surface area (Å²) in [6.45, 7) is 4.88. The molecule has 2 unspecified atom stereocenters. The molecule has 1 aromatic carbocycles. The molecule has 5 heteroatoms. The van der Waals surface area contributed by atoms with Crippen molar-refractivity contribution in [2.45, 2.75) is 13.0 Å². The Kier molecular flexibility index (Phi) is 4.73. The van der Waals surface area contributed by atoms with Gasteiger partial charge in [-0.1, -0.05) is 29.8 Å². The summed E-state index contributed by atoms with van der Waals surface area (Å²) in [6.07, 6.45) is 4.22. The number of aromatic nitrogens is 1. The number of halogens is 1. The van der Waals surface area contributed by atoms with Gasteiger partial charge in [0.2, 0.25) is 5.91 Å². The molecule has 2 atom stereocenters. The topological polar surface area (TPSA) is 36.4 Å². The van der Waals surface area contributed by atoms with Gasteiger partial charge in [-0.15, -0.1) is 0 Å². The predicted molar refractivity (Wildman–Crippen MR) is 98.2 cm³/mol. The fourth-order valence-corrected chi connectivity index (χ4v) is 4.19. The highest BCUT2D eigenvalue weighted by atomic mass is 35.5. The maximum atomic E-state index is 12.6. The zero-order valence-corrected chi connectivity index (χ0v) is 14.9. The minimum absolute atomic E-state index is 0.232. The van der Waals surface area contributed by atoms with Gasteiger partial charge in [0.1, 0.15) is 0 Å². The van der Waals surface area contributed by atoms with Gasteiger partial charge in [0.05, 0.1) is 6.42 Å². The third-order valence-corrected chi connectivity index (χ3v) is 5.56. The third-order valence-electron chi connectivity index (χ3n) is 5.31. The molecule has 2 fully saturated rings. The number of hydrogen-bond acceptors (Lipinski definition) is 3. The highest BCUT2D eigenvalue weighted by Crippen LogP contribution is 2.32. The van der Waals surface area contributed by atoms with E-state index in [-0.39, 0.29) is 5.91 Å². The fourth-order valence-electron chi connectivity index (χ4n) is 4.06. The molecule has 3 heterocycles. The summed E-state index contributed by atoms with van der Waals surface area (Å²) in [7, 11) is 0. The molecular formula is C20H22ClN3O. The molecule has 4 rings (SSSR count). The lowest BCUT2D eigenvalue weighted by Crippen LogP contribution is -2.34. The van der Waals surface area contributed by atoms with Gasteiger partial charge in [-0.2, -0.15) is 0 Å². The zero-order valence-electron chi connectivity index (χ0n) is 14.1. The van der Waals surface area contributed by atoms with Gasteiger partial charge < -0.3 is 4.90 Å². The largest absolute Gasteiger partial charge is 0.342 e. The first-order valence-corrected chi connectivity index (χ1v) is 9.18. The van der Waals surface area contributed by atoms with Crippen LogP contribution in [0.2, 0.25) is 5.02 Å². The lowest BCUT2D eigenvalue weighted by atomic mass is 10.0. The molecule has 2 saturated heterocycles. The van der Waals surface area contributed by atoms with Crippen LogP contribution in [0.25, 0.3) is 0 Å². The number of fused-ring (bicyclic) bond motifs is 1. The molecule has 4 nitrogen and oxygen atoms in total. The van der Waals surface area contributed by atoms with Gasteiger partial charge >= 0.3 is 0 Å². The third kappa shape index (κ3) is 3.86. The number of likely N-dealkylation sites (tertiary alicyclic amines) is 2. The van der Waals surface area contributed by atoms with Crippen LogP contribution in [0.1, 0.15) is 11.1 Å². The molecule has 0 spiro atoms. The first kappa shape index (κ1) is 16.6. The lowest BCUT2D eigenvalue weighted by molar-refractivity contribution is -0.129. The Bertz CT molecular complexity index is 720. The van der Waals surface area contributed by atoms with E-state index in [9.17, 15) is 4.79 Å². The first-order valence-electron chi connectivity index (χ1n) is 8.81. The molecule has 130 valence electrons. The maximum Gasteiger partial charge on any atom is 0.227 e. The summed E-state index contributed by atoms with van der Waals surface area (Å²) >= 11 is 5.91. The van der Waals surface area contributed by atoms with Crippen molar-refractivity contribution in [2.24, 2.45) is 11.8 Å². The highest BCUT2D eigenvalue weighted by molar-refractivity contribution is 6.30. The monoisotopic (exact) mass is 355 g/mol. The Balaban J connectivity index is 1.30. The SMILES string of the molecule is O=C(Cc1ccc(Cl)cc1)N1CC2CN(Cc3cccnc3)CC2C1. The molecule has 2 aromatic rings. The Hall–Kier alpha value is -1.91. The van der Waals surface area contributed by atoms with Gasteiger partial charge in [0.15, 0.2) is 0 Å². The molecule has 25 heavy (non-hydrogen) atoms. The Labute approximate surface area is 153 Å². The summed E-state index contributed by atoms with van der Waals surface area (Å²) in [5.41, 5.74) is 2.29. The molecule has 1 amide bonds. The van der Waals surface area contributed by atoms with Gasteiger partial charge in [0, 0.05) is 50.1 Å². The van der Waals surface area contributed by atoms with E-state index >= 15 is 0 Å². The minimum atomic E-state index is 0.232. The second-order valence-corrected chi connectivity index (χ2v) is 7.61. The van der Waals surface area contributed by atoms with E-state index in [1.165, 1.54) is 5.56 Å². The second-order valence-electron chi connectivity index (χ2n) is 7.18. The van der Waals surface area contributed by atoms with Crippen LogP contribution in [0.4, 0.5) is 0 Å². The molecule has 2 aliphatic rings. The molecular weight excluding hydrogens is 334 g/mol. The minimum Gasteiger partial charge on any atom is -0.342 e. The normalized spacial score (nSPS) is 23.0. The van der Waals surface area contributed by atoms with Gasteiger partial charge in [-0.3, -0.25) is 14.7 Å². The smallest absolute Gasteiger partial charge is 0.227 e. The zero-order chi connectivity index (χ0) is 17.2. The summed E-state index contributed by atoms with van der Waals surface area (Å²) in [6, 6.07) is 11.7. The summed E-state index contributed by atoms with van der Waals surface area (Å²) < 4.78 is 0. The van der Waals surface area contributed by atoms with Crippen molar-refractivity contribution in [3.8, 4) is 0 Å². The van der Waals surface area contributed by atoms with Crippen molar-refractivity contribution < 1.29 is 4.79 Å². The van der Waals surface area contributed by atoms with E-state index in [0.29, 0.717) is 23.3 Å². The van der Waals surface area contributed by atoms with Crippen molar-refractivity contribution in [3.05, 3.63) is 64.9 Å². The number of nitrogens with zero attached hydrogens (tertiary/aromatic N) is 3. The molecule has 1 aromatic heterocycles. The Morgan fingerprint density at radius 1 is 1.04 bits per heavy atom. The van der Waals surface area contributed by atoms with Crippen molar-refractivity contribution in [1.82, 2.24) is 14.8 Å². The van der Waals surface area contributed by atoms with E-state index in [1.807, 2.05) is 47.6 Å². The van der Waals surface area contributed by atoms with Crippen molar-refractivity contribution in [1.29, 1.82) is 0 Å². The molecule has 0 radical (unpaired) electrons. The van der Waals surface area contributed by atoms with E-state index in [4.69, 9.17) is 11.6 Å². The van der Waals surface area contributed by atoms with E-state index < -0.39 is 0 Å². The Morgan fingerprint density at radius 3 is 2.40 bits per heavy atom. The van der Waals surface area contributed by atoms with Crippen LogP contribution < -0.4 is 0 Å². The number of benzene rings is 1. The average Bonchev–Trinajstić information content (AvgIpc) is 3.16. The van der Waals surface area contributed by atoms with Gasteiger partial charge in [0.25, 0.3) is 0 Å². The van der Waals surface area contributed by atoms with E-state index in [0.717, 1.165) is 38.3 Å². The van der Waals surface area contributed by atoms with Gasteiger partial charge in [-0.05, 0) is 41.2 Å². The standard InChI is InChI=1S/C20H22ClN3O/c21-19-5-3-15(4-6-19)8-20(25)24-13-17-11-23(12-18(17)14-24)10-16-2-1-7-22-9-16/h1-7,9,17-18H,8,10-14H2. The predicted octanol–water partition coefficient (Wildman–Crippen LogP) is 2.87. The molecule has 0 aliphatic carbocycles. The van der Waals surface area contributed by atoms with E-state index in [2.05, 4.69) is 16.0 Å². The molecule has 0 saturated carbocycles. The number of carbonyl (C=O) groups excluding carboxylic acids is 1. The second kappa shape index (κ2) is 7.14. The number of pyridine rings is 1. The molecule has 0 bridgehead atoms. The average molecular weight is 356 g/mol. The van der Waals surface area contributed by atoms with Crippen molar-refractivity contribution in [2.75, 3.05) is 26.2 Å². The maximum absolute atomic E-state index is 12.6. The van der Waals surface area contributed by atoms with Crippen LogP contribution in [0.15, 0.2) is 48.8 Å². The number of rotatable bonds is 4. The van der Waals surface area contributed by atoms with Crippen LogP contribution in [0.3, 0.4) is 0 Å². The number of carbonyl (C=O) groups is 1. The van der Waals surface area contributed by atoms with Crippen LogP contribution in [-0.2, 0) is 17.8 Å². The highest BCUT2D eigenvalue weighted by Gasteiger charge is 2.41. The van der Waals surface area contributed by atoms with Crippen molar-refractivity contribution in [3.63, 3.8) is 0 Å². The molecule has 2 aliphatic heterocycles. The number of hydrogen-bond donors (Lipinski definition) is 0. The van der Waals surface area contributed by atoms with Crippen molar-refractivity contribution >= 4 is 17.5 Å². The van der Waals surface area contributed by atoms with Crippen LogP contribution >= 0.6 is 11.6 Å². The summed E-state index contributed by atoms with van der Waals surface area (Å²) in [4.78, 5) is 21.3. The lowest BCUT2D eigenvalue weighted by Gasteiger charge is -2.21. The van der Waals surface area contributed by atoms with Crippen LogP contribution in [0, 0.1) is 11.8 Å². The summed E-state index contributed by atoms with van der Waals surface area (Å²) in [5.74, 6) is 1.44.